The summed E-state index contributed by atoms with van der Waals surface area (Å²) < 4.78 is 21.4. The Labute approximate surface area is 148 Å². The lowest BCUT2D eigenvalue weighted by atomic mass is 10.2. The predicted molar refractivity (Wildman–Crippen MR) is 94.0 cm³/mol. The van der Waals surface area contributed by atoms with Crippen molar-refractivity contribution < 1.29 is 8.91 Å². The van der Waals surface area contributed by atoms with Crippen LogP contribution in [0.25, 0.3) is 0 Å². The van der Waals surface area contributed by atoms with Crippen LogP contribution in [0.5, 0.6) is 0 Å². The van der Waals surface area contributed by atoms with Gasteiger partial charge in [-0.15, -0.1) is 0 Å². The van der Waals surface area contributed by atoms with Crippen molar-refractivity contribution in [1.29, 1.82) is 0 Å². The minimum absolute atomic E-state index is 0.223. The summed E-state index contributed by atoms with van der Waals surface area (Å²) in [6, 6.07) is 2.15. The number of hydrogen-bond acceptors (Lipinski definition) is 5. The minimum Gasteiger partial charge on any atom is -0.360 e. The van der Waals surface area contributed by atoms with Gasteiger partial charge in [0, 0.05) is 44.1 Å². The van der Waals surface area contributed by atoms with Crippen LogP contribution in [0.15, 0.2) is 23.0 Å². The Morgan fingerprint density at radius 3 is 2.92 bits per heavy atom. The smallest absolute Gasteiger partial charge is 0.150 e. The summed E-state index contributed by atoms with van der Waals surface area (Å²) in [5.41, 5.74) is 0.870. The van der Waals surface area contributed by atoms with E-state index in [1.165, 1.54) is 0 Å². The van der Waals surface area contributed by atoms with Crippen molar-refractivity contribution >= 4 is 0 Å². The van der Waals surface area contributed by atoms with Gasteiger partial charge in [0.25, 0.3) is 0 Å². The lowest BCUT2D eigenvalue weighted by molar-refractivity contribution is 0.167. The first kappa shape index (κ1) is 18.1. The number of halogens is 1. The lowest BCUT2D eigenvalue weighted by Crippen LogP contribution is -2.38. The second-order valence-corrected chi connectivity index (χ2v) is 7.13. The average Bonchev–Trinajstić information content (AvgIpc) is 3.23. The Morgan fingerprint density at radius 1 is 1.40 bits per heavy atom. The molecule has 2 aromatic rings. The zero-order valence-electron chi connectivity index (χ0n) is 15.4. The van der Waals surface area contributed by atoms with Gasteiger partial charge in [-0.05, 0) is 40.3 Å². The Morgan fingerprint density at radius 2 is 2.24 bits per heavy atom. The number of likely N-dealkylation sites (N-methyl/N-ethyl adjacent to an activating group) is 1. The third-order valence-electron chi connectivity index (χ3n) is 4.90. The van der Waals surface area contributed by atoms with E-state index in [9.17, 15) is 4.39 Å². The van der Waals surface area contributed by atoms with Crippen molar-refractivity contribution in [1.82, 2.24) is 24.5 Å². The second-order valence-electron chi connectivity index (χ2n) is 7.13. The molecule has 0 N–H and O–H groups in total. The number of hydrogen-bond donors (Lipinski definition) is 0. The molecule has 6 nitrogen and oxygen atoms in total. The summed E-state index contributed by atoms with van der Waals surface area (Å²) in [5.74, 6) is 1.86. The second kappa shape index (κ2) is 8.10. The van der Waals surface area contributed by atoms with Gasteiger partial charge in [0.2, 0.25) is 0 Å². The van der Waals surface area contributed by atoms with Crippen LogP contribution in [0.4, 0.5) is 4.39 Å². The number of alkyl halides is 1. The molecule has 3 rings (SSSR count). The molecular formula is C18H28FN5O. The van der Waals surface area contributed by atoms with Gasteiger partial charge in [0.05, 0.1) is 12.2 Å². The van der Waals surface area contributed by atoms with Crippen LogP contribution in [0.1, 0.15) is 30.1 Å². The van der Waals surface area contributed by atoms with Crippen LogP contribution >= 0.6 is 0 Å². The molecule has 0 saturated carbocycles. The average molecular weight is 349 g/mol. The standard InChI is InChI=1S/C18H28FN5O/c1-14-9-18(25-21-14)13-24-11-16(19)10-17(24)12-22(3)6-4-7-23-8-5-20-15(23)2/h5,8-9,16-17H,4,6-7,10-13H2,1-3H3/t16-,17-/m0/s1. The maximum atomic E-state index is 13.9. The van der Waals surface area contributed by atoms with E-state index in [0.717, 1.165) is 43.3 Å². The lowest BCUT2D eigenvalue weighted by Gasteiger charge is -2.27. The fourth-order valence-corrected chi connectivity index (χ4v) is 3.60. The molecule has 1 saturated heterocycles. The summed E-state index contributed by atoms with van der Waals surface area (Å²) >= 11 is 0. The van der Waals surface area contributed by atoms with E-state index in [1.807, 2.05) is 32.3 Å². The Kier molecular flexibility index (Phi) is 5.86. The monoisotopic (exact) mass is 349 g/mol. The molecular weight excluding hydrogens is 321 g/mol. The van der Waals surface area contributed by atoms with Gasteiger partial charge in [-0.3, -0.25) is 4.90 Å². The Bertz CT molecular complexity index is 670. The van der Waals surface area contributed by atoms with E-state index in [2.05, 4.69) is 31.6 Å². The van der Waals surface area contributed by atoms with Crippen molar-refractivity contribution in [3.05, 3.63) is 35.7 Å². The summed E-state index contributed by atoms with van der Waals surface area (Å²) in [7, 11) is 2.11. The number of rotatable bonds is 8. The number of aryl methyl sites for hydroxylation is 3. The van der Waals surface area contributed by atoms with Crippen LogP contribution in [-0.4, -0.2) is 63.4 Å². The van der Waals surface area contributed by atoms with E-state index in [0.29, 0.717) is 19.5 Å². The molecule has 2 aromatic heterocycles. The van der Waals surface area contributed by atoms with Gasteiger partial charge in [0.15, 0.2) is 5.76 Å². The van der Waals surface area contributed by atoms with E-state index in [1.54, 1.807) is 0 Å². The van der Waals surface area contributed by atoms with Gasteiger partial charge in [0.1, 0.15) is 12.0 Å². The van der Waals surface area contributed by atoms with Gasteiger partial charge < -0.3 is 14.0 Å². The molecule has 0 aliphatic carbocycles. The number of aromatic nitrogens is 3. The zero-order chi connectivity index (χ0) is 17.8. The van der Waals surface area contributed by atoms with E-state index < -0.39 is 6.17 Å². The summed E-state index contributed by atoms with van der Waals surface area (Å²) in [6.07, 6.45) is 4.75. The molecule has 1 aliphatic rings. The van der Waals surface area contributed by atoms with E-state index in [4.69, 9.17) is 4.52 Å². The maximum absolute atomic E-state index is 13.9. The molecule has 1 fully saturated rings. The highest BCUT2D eigenvalue weighted by molar-refractivity contribution is 5.04. The number of nitrogens with zero attached hydrogens (tertiary/aromatic N) is 5. The Hall–Kier alpha value is -1.73. The van der Waals surface area contributed by atoms with Crippen molar-refractivity contribution in [2.45, 2.75) is 52.0 Å². The normalized spacial score (nSPS) is 21.5. The predicted octanol–water partition coefficient (Wildman–Crippen LogP) is 2.42. The first-order valence-corrected chi connectivity index (χ1v) is 8.98. The van der Waals surface area contributed by atoms with Gasteiger partial charge >= 0.3 is 0 Å². The largest absolute Gasteiger partial charge is 0.360 e. The fraction of sp³-hybridized carbons (Fsp3) is 0.667. The van der Waals surface area contributed by atoms with Gasteiger partial charge in [-0.1, -0.05) is 5.16 Å². The van der Waals surface area contributed by atoms with Crippen molar-refractivity contribution in [2.75, 3.05) is 26.7 Å². The highest BCUT2D eigenvalue weighted by atomic mass is 19.1. The molecule has 0 amide bonds. The number of likely N-dealkylation sites (tertiary alicyclic amines) is 1. The zero-order valence-corrected chi connectivity index (χ0v) is 15.4. The summed E-state index contributed by atoms with van der Waals surface area (Å²) in [5, 5.41) is 3.92. The van der Waals surface area contributed by atoms with E-state index >= 15 is 0 Å². The highest BCUT2D eigenvalue weighted by Crippen LogP contribution is 2.23. The van der Waals surface area contributed by atoms with Gasteiger partial charge in [-0.2, -0.15) is 0 Å². The van der Waals surface area contributed by atoms with Crippen LogP contribution in [0.2, 0.25) is 0 Å². The molecule has 2 atom stereocenters. The highest BCUT2D eigenvalue weighted by Gasteiger charge is 2.33. The SMILES string of the molecule is Cc1cc(CN2C[C@@H](F)C[C@H]2CN(C)CCCn2ccnc2C)on1. The summed E-state index contributed by atoms with van der Waals surface area (Å²) in [4.78, 5) is 8.73. The van der Waals surface area contributed by atoms with Crippen LogP contribution < -0.4 is 0 Å². The van der Waals surface area contributed by atoms with Crippen LogP contribution in [0, 0.1) is 13.8 Å². The molecule has 0 spiro atoms. The quantitative estimate of drug-likeness (QED) is 0.733. The van der Waals surface area contributed by atoms with Crippen LogP contribution in [0.3, 0.4) is 0 Å². The van der Waals surface area contributed by atoms with Crippen molar-refractivity contribution in [3.8, 4) is 0 Å². The molecule has 7 heteroatoms. The minimum atomic E-state index is -0.754. The topological polar surface area (TPSA) is 50.3 Å². The van der Waals surface area contributed by atoms with Gasteiger partial charge in [-0.25, -0.2) is 9.37 Å². The molecule has 0 unspecified atom stereocenters. The molecule has 0 bridgehead atoms. The third kappa shape index (κ3) is 4.89. The molecule has 1 aliphatic heterocycles. The molecule has 0 aromatic carbocycles. The van der Waals surface area contributed by atoms with Crippen LogP contribution in [-0.2, 0) is 13.1 Å². The number of imidazole rings is 1. The molecule has 3 heterocycles. The fourth-order valence-electron chi connectivity index (χ4n) is 3.60. The molecule has 138 valence electrons. The molecule has 25 heavy (non-hydrogen) atoms. The van der Waals surface area contributed by atoms with Crippen molar-refractivity contribution in [2.24, 2.45) is 0 Å². The summed E-state index contributed by atoms with van der Waals surface area (Å²) in [6.45, 7) is 7.86. The first-order valence-electron chi connectivity index (χ1n) is 8.98. The Balaban J connectivity index is 1.46. The third-order valence-corrected chi connectivity index (χ3v) is 4.90. The van der Waals surface area contributed by atoms with E-state index in [-0.39, 0.29) is 6.04 Å². The first-order chi connectivity index (χ1) is 12.0. The maximum Gasteiger partial charge on any atom is 0.150 e. The molecule has 0 radical (unpaired) electrons. The van der Waals surface area contributed by atoms with Crippen molar-refractivity contribution in [3.63, 3.8) is 0 Å².